The summed E-state index contributed by atoms with van der Waals surface area (Å²) in [4.78, 5) is 16.3. The van der Waals surface area contributed by atoms with Crippen LogP contribution in [0.1, 0.15) is 21.6 Å². The van der Waals surface area contributed by atoms with E-state index in [0.29, 0.717) is 17.3 Å². The minimum absolute atomic E-state index is 0.313. The molecule has 0 bridgehead atoms. The first-order valence-electron chi connectivity index (χ1n) is 5.95. The summed E-state index contributed by atoms with van der Waals surface area (Å²) in [7, 11) is 0. The van der Waals surface area contributed by atoms with E-state index in [2.05, 4.69) is 4.98 Å². The Morgan fingerprint density at radius 3 is 2.70 bits per heavy atom. The van der Waals surface area contributed by atoms with Crippen molar-refractivity contribution in [2.75, 3.05) is 0 Å². The van der Waals surface area contributed by atoms with Gasteiger partial charge >= 0.3 is 0 Å². The van der Waals surface area contributed by atoms with Crippen molar-refractivity contribution in [1.29, 1.82) is 0 Å². The second-order valence-electron chi connectivity index (χ2n) is 4.45. The van der Waals surface area contributed by atoms with Crippen molar-refractivity contribution in [3.8, 4) is 11.6 Å². The molecule has 0 unspecified atom stereocenters. The lowest BCUT2D eigenvalue weighted by atomic mass is 10.1. The average molecular weight is 307 g/mol. The van der Waals surface area contributed by atoms with Crippen molar-refractivity contribution in [1.82, 2.24) is 9.38 Å². The highest BCUT2D eigenvalue weighted by Gasteiger charge is 2.15. The number of nitrogens with zero attached hydrogens (tertiary/aromatic N) is 2. The van der Waals surface area contributed by atoms with Crippen molar-refractivity contribution in [2.45, 2.75) is 13.8 Å². The average Bonchev–Trinajstić information content (AvgIpc) is 2.96. The van der Waals surface area contributed by atoms with Gasteiger partial charge in [0.15, 0.2) is 16.9 Å². The summed E-state index contributed by atoms with van der Waals surface area (Å²) >= 11 is 7.58. The van der Waals surface area contributed by atoms with Crippen LogP contribution in [0.15, 0.2) is 23.7 Å². The van der Waals surface area contributed by atoms with E-state index in [9.17, 15) is 4.79 Å². The van der Waals surface area contributed by atoms with E-state index in [-0.39, 0.29) is 0 Å². The summed E-state index contributed by atoms with van der Waals surface area (Å²) in [6.45, 7) is 3.82. The van der Waals surface area contributed by atoms with Crippen LogP contribution in [0.3, 0.4) is 0 Å². The summed E-state index contributed by atoms with van der Waals surface area (Å²) in [5, 5.41) is 2.59. The molecular weight excluding hydrogens is 296 g/mol. The maximum Gasteiger partial charge on any atom is 0.250 e. The number of hydrogen-bond acceptors (Lipinski definition) is 4. The third-order valence-electron chi connectivity index (χ3n) is 3.00. The van der Waals surface area contributed by atoms with Gasteiger partial charge in [0.2, 0.25) is 5.88 Å². The fourth-order valence-electron chi connectivity index (χ4n) is 2.04. The van der Waals surface area contributed by atoms with Crippen LogP contribution in [0.25, 0.3) is 4.96 Å². The number of imidazole rings is 1. The number of rotatable bonds is 3. The Hall–Kier alpha value is -1.85. The Balaban J connectivity index is 2.04. The van der Waals surface area contributed by atoms with Crippen LogP contribution in [0.2, 0.25) is 5.02 Å². The zero-order valence-corrected chi connectivity index (χ0v) is 12.5. The zero-order valence-electron chi connectivity index (χ0n) is 10.9. The van der Waals surface area contributed by atoms with Gasteiger partial charge in [-0.05, 0) is 37.1 Å². The van der Waals surface area contributed by atoms with Crippen molar-refractivity contribution in [3.63, 3.8) is 0 Å². The molecule has 0 fully saturated rings. The number of ether oxygens (including phenoxy) is 1. The highest BCUT2D eigenvalue weighted by molar-refractivity contribution is 7.15. The third kappa shape index (κ3) is 2.09. The minimum atomic E-state index is 0.313. The smallest absolute Gasteiger partial charge is 0.250 e. The van der Waals surface area contributed by atoms with Gasteiger partial charge in [-0.2, -0.15) is 4.98 Å². The number of aldehydes is 1. The van der Waals surface area contributed by atoms with E-state index in [4.69, 9.17) is 16.3 Å². The quantitative estimate of drug-likeness (QED) is 0.679. The maximum absolute atomic E-state index is 11.2. The van der Waals surface area contributed by atoms with Gasteiger partial charge in [-0.15, -0.1) is 11.3 Å². The van der Waals surface area contributed by atoms with E-state index in [1.54, 1.807) is 10.6 Å². The molecule has 20 heavy (non-hydrogen) atoms. The van der Waals surface area contributed by atoms with Crippen molar-refractivity contribution in [3.05, 3.63) is 45.6 Å². The van der Waals surface area contributed by atoms with E-state index in [1.165, 1.54) is 11.3 Å². The molecule has 0 aliphatic heterocycles. The van der Waals surface area contributed by atoms with Gasteiger partial charge in [-0.1, -0.05) is 11.6 Å². The molecule has 1 aromatic carbocycles. The van der Waals surface area contributed by atoms with Gasteiger partial charge in [0, 0.05) is 16.6 Å². The highest BCUT2D eigenvalue weighted by Crippen LogP contribution is 2.31. The molecular formula is C14H11ClN2O2S. The molecule has 0 N–H and O–H groups in total. The fraction of sp³-hybridized carbons (Fsp3) is 0.143. The number of carbonyl (C=O) groups is 1. The van der Waals surface area contributed by atoms with Crippen molar-refractivity contribution in [2.24, 2.45) is 0 Å². The predicted octanol–water partition coefficient (Wildman–Crippen LogP) is 4.27. The largest absolute Gasteiger partial charge is 0.437 e. The molecule has 3 aromatic rings. The number of carbonyl (C=O) groups excluding carboxylic acids is 1. The van der Waals surface area contributed by atoms with E-state index in [0.717, 1.165) is 27.4 Å². The monoisotopic (exact) mass is 306 g/mol. The topological polar surface area (TPSA) is 43.6 Å². The molecule has 0 saturated heterocycles. The first-order valence-corrected chi connectivity index (χ1v) is 7.21. The molecule has 2 aromatic heterocycles. The summed E-state index contributed by atoms with van der Waals surface area (Å²) < 4.78 is 7.46. The molecule has 0 aliphatic rings. The third-order valence-corrected chi connectivity index (χ3v) is 4.35. The summed E-state index contributed by atoms with van der Waals surface area (Å²) in [5.41, 5.74) is 2.26. The molecule has 0 saturated carbocycles. The van der Waals surface area contributed by atoms with Crippen LogP contribution in [0, 0.1) is 13.8 Å². The molecule has 4 nitrogen and oxygen atoms in total. The molecule has 0 spiro atoms. The summed E-state index contributed by atoms with van der Waals surface area (Å²) in [5.74, 6) is 0.936. The summed E-state index contributed by atoms with van der Waals surface area (Å²) in [6.07, 6.45) is 2.54. The lowest BCUT2D eigenvalue weighted by Gasteiger charge is -2.08. The van der Waals surface area contributed by atoms with Gasteiger partial charge in [-0.3, -0.25) is 9.20 Å². The van der Waals surface area contributed by atoms with Gasteiger partial charge in [0.1, 0.15) is 5.75 Å². The Kier molecular flexibility index (Phi) is 3.23. The second kappa shape index (κ2) is 4.92. The second-order valence-corrected chi connectivity index (χ2v) is 5.70. The molecule has 3 rings (SSSR count). The Morgan fingerprint density at radius 2 is 2.05 bits per heavy atom. The van der Waals surface area contributed by atoms with E-state index >= 15 is 0 Å². The molecule has 0 aliphatic carbocycles. The molecule has 2 heterocycles. The van der Waals surface area contributed by atoms with E-state index in [1.807, 2.05) is 31.4 Å². The number of aromatic nitrogens is 2. The number of thiazole rings is 1. The molecule has 0 atom stereocenters. The van der Waals surface area contributed by atoms with Crippen LogP contribution in [-0.2, 0) is 0 Å². The van der Waals surface area contributed by atoms with E-state index < -0.39 is 0 Å². The van der Waals surface area contributed by atoms with Crippen LogP contribution >= 0.6 is 22.9 Å². The normalized spacial score (nSPS) is 10.9. The Morgan fingerprint density at radius 1 is 1.35 bits per heavy atom. The van der Waals surface area contributed by atoms with Crippen molar-refractivity contribution < 1.29 is 9.53 Å². The van der Waals surface area contributed by atoms with Crippen LogP contribution < -0.4 is 4.74 Å². The molecule has 102 valence electrons. The first-order chi connectivity index (χ1) is 9.60. The van der Waals surface area contributed by atoms with Crippen LogP contribution in [0.5, 0.6) is 11.6 Å². The number of aryl methyl sites for hydroxylation is 2. The van der Waals surface area contributed by atoms with Crippen LogP contribution in [-0.4, -0.2) is 15.7 Å². The predicted molar refractivity (Wildman–Crippen MR) is 79.5 cm³/mol. The first kappa shape index (κ1) is 13.1. The van der Waals surface area contributed by atoms with Crippen molar-refractivity contribution >= 4 is 34.2 Å². The van der Waals surface area contributed by atoms with Gasteiger partial charge in [0.25, 0.3) is 0 Å². The Labute approximate surface area is 124 Å². The maximum atomic E-state index is 11.2. The molecule has 6 heteroatoms. The lowest BCUT2D eigenvalue weighted by Crippen LogP contribution is -1.93. The highest BCUT2D eigenvalue weighted by atomic mass is 35.5. The number of halogens is 1. The van der Waals surface area contributed by atoms with Gasteiger partial charge < -0.3 is 4.74 Å². The zero-order chi connectivity index (χ0) is 14.3. The molecule has 0 amide bonds. The fourth-order valence-corrected chi connectivity index (χ4v) is 2.86. The van der Waals surface area contributed by atoms with Gasteiger partial charge in [-0.25, -0.2) is 0 Å². The standard InChI is InChI=1S/C14H11ClN2O2S/c1-8-5-10(6-9(2)12(8)15)19-13-11(7-18)17-3-4-20-14(17)16-13/h3-7H,1-2H3. The number of fused-ring (bicyclic) bond motifs is 1. The number of hydrogen-bond donors (Lipinski definition) is 0. The Bertz CT molecular complexity index is 784. The molecule has 0 radical (unpaired) electrons. The summed E-state index contributed by atoms with van der Waals surface area (Å²) in [6, 6.07) is 3.66. The minimum Gasteiger partial charge on any atom is -0.437 e. The van der Waals surface area contributed by atoms with Gasteiger partial charge in [0.05, 0.1) is 0 Å². The SMILES string of the molecule is Cc1cc(Oc2nc3sccn3c2C=O)cc(C)c1Cl. The lowest BCUT2D eigenvalue weighted by molar-refractivity contribution is 0.111. The number of benzene rings is 1. The van der Waals surface area contributed by atoms with Crippen LogP contribution in [0.4, 0.5) is 0 Å².